The molecule has 0 saturated heterocycles. The smallest absolute Gasteiger partial charge is 0.0518 e. The lowest BCUT2D eigenvalue weighted by molar-refractivity contribution is 0.281. The number of aryl methyl sites for hydroxylation is 1. The van der Waals surface area contributed by atoms with Crippen LogP contribution in [0.15, 0.2) is 12.3 Å². The van der Waals surface area contributed by atoms with Crippen LogP contribution in [0.3, 0.4) is 0 Å². The summed E-state index contributed by atoms with van der Waals surface area (Å²) in [6, 6.07) is 2.74. The van der Waals surface area contributed by atoms with E-state index in [9.17, 15) is 0 Å². The van der Waals surface area contributed by atoms with Crippen LogP contribution in [0.1, 0.15) is 38.8 Å². The van der Waals surface area contributed by atoms with Crippen molar-refractivity contribution in [3.05, 3.63) is 18.0 Å². The molecule has 1 unspecified atom stereocenters. The lowest BCUT2D eigenvalue weighted by Gasteiger charge is -2.27. The van der Waals surface area contributed by atoms with Crippen LogP contribution in [0.2, 0.25) is 0 Å². The Kier molecular flexibility index (Phi) is 2.83. The minimum absolute atomic E-state index is 0.457. The fraction of sp³-hybridized carbons (Fsp3) is 0.750. The highest BCUT2D eigenvalue weighted by Crippen LogP contribution is 2.37. The second-order valence-electron chi connectivity index (χ2n) is 5.26. The molecule has 15 heavy (non-hydrogen) atoms. The summed E-state index contributed by atoms with van der Waals surface area (Å²) in [4.78, 5) is 0. The zero-order chi connectivity index (χ0) is 10.9. The van der Waals surface area contributed by atoms with Gasteiger partial charge in [-0.25, -0.2) is 0 Å². The van der Waals surface area contributed by atoms with Crippen molar-refractivity contribution in [1.29, 1.82) is 0 Å². The molecule has 84 valence electrons. The molecule has 1 N–H and O–H groups in total. The van der Waals surface area contributed by atoms with Crippen LogP contribution in [0, 0.1) is 5.41 Å². The molecular weight excluding hydrogens is 186 g/mol. The van der Waals surface area contributed by atoms with E-state index in [2.05, 4.69) is 30.3 Å². The zero-order valence-corrected chi connectivity index (χ0v) is 9.95. The molecule has 1 saturated carbocycles. The van der Waals surface area contributed by atoms with Crippen molar-refractivity contribution in [3.63, 3.8) is 0 Å². The van der Waals surface area contributed by atoms with Crippen LogP contribution in [0.4, 0.5) is 0 Å². The van der Waals surface area contributed by atoms with Gasteiger partial charge in [0, 0.05) is 25.8 Å². The summed E-state index contributed by atoms with van der Waals surface area (Å²) in [5.74, 6) is 0. The van der Waals surface area contributed by atoms with Gasteiger partial charge in [-0.2, -0.15) is 5.10 Å². The molecule has 1 atom stereocenters. The van der Waals surface area contributed by atoms with Gasteiger partial charge >= 0.3 is 0 Å². The van der Waals surface area contributed by atoms with Crippen LogP contribution in [0.5, 0.6) is 0 Å². The largest absolute Gasteiger partial charge is 0.308 e. The second kappa shape index (κ2) is 3.97. The normalized spacial score (nSPS) is 24.6. The molecule has 2 rings (SSSR count). The van der Waals surface area contributed by atoms with E-state index in [0.717, 1.165) is 6.54 Å². The van der Waals surface area contributed by atoms with Gasteiger partial charge in [0.05, 0.1) is 5.69 Å². The molecule has 1 aliphatic carbocycles. The molecule has 1 fully saturated rings. The van der Waals surface area contributed by atoms with E-state index in [4.69, 9.17) is 0 Å². The van der Waals surface area contributed by atoms with Gasteiger partial charge in [-0.3, -0.25) is 4.68 Å². The summed E-state index contributed by atoms with van der Waals surface area (Å²) < 4.78 is 1.94. The Morgan fingerprint density at radius 1 is 1.60 bits per heavy atom. The first kappa shape index (κ1) is 10.7. The molecule has 1 aromatic rings. The van der Waals surface area contributed by atoms with Gasteiger partial charge in [0.15, 0.2) is 0 Å². The SMILES string of the molecule is Cn1nccc1CNC1CCCC1(C)C. The van der Waals surface area contributed by atoms with E-state index in [0.29, 0.717) is 11.5 Å². The molecule has 0 radical (unpaired) electrons. The van der Waals surface area contributed by atoms with Gasteiger partial charge in [-0.1, -0.05) is 20.3 Å². The second-order valence-corrected chi connectivity index (χ2v) is 5.26. The van der Waals surface area contributed by atoms with Crippen molar-refractivity contribution in [3.8, 4) is 0 Å². The summed E-state index contributed by atoms with van der Waals surface area (Å²) in [7, 11) is 2.00. The quantitative estimate of drug-likeness (QED) is 0.822. The first-order valence-electron chi connectivity index (χ1n) is 5.80. The molecular formula is C12H21N3. The van der Waals surface area contributed by atoms with Crippen molar-refractivity contribution >= 4 is 0 Å². The van der Waals surface area contributed by atoms with Crippen LogP contribution < -0.4 is 5.32 Å². The minimum Gasteiger partial charge on any atom is -0.308 e. The number of aromatic nitrogens is 2. The summed E-state index contributed by atoms with van der Waals surface area (Å²) in [5.41, 5.74) is 1.72. The van der Waals surface area contributed by atoms with Gasteiger partial charge in [0.25, 0.3) is 0 Å². The molecule has 0 aliphatic heterocycles. The Balaban J connectivity index is 1.91. The third kappa shape index (κ3) is 2.23. The maximum atomic E-state index is 4.17. The number of hydrogen-bond acceptors (Lipinski definition) is 2. The number of nitrogens with one attached hydrogen (secondary N) is 1. The van der Waals surface area contributed by atoms with Gasteiger partial charge in [-0.05, 0) is 24.3 Å². The van der Waals surface area contributed by atoms with E-state index in [1.807, 2.05) is 17.9 Å². The first-order valence-corrected chi connectivity index (χ1v) is 5.80. The predicted molar refractivity (Wildman–Crippen MR) is 61.5 cm³/mol. The van der Waals surface area contributed by atoms with Crippen molar-refractivity contribution in [2.24, 2.45) is 12.5 Å². The number of rotatable bonds is 3. The maximum absolute atomic E-state index is 4.17. The third-order valence-corrected chi connectivity index (χ3v) is 3.71. The molecule has 0 spiro atoms. The third-order valence-electron chi connectivity index (χ3n) is 3.71. The summed E-state index contributed by atoms with van der Waals surface area (Å²) in [5, 5.41) is 7.83. The van der Waals surface area contributed by atoms with Crippen LogP contribution >= 0.6 is 0 Å². The fourth-order valence-electron chi connectivity index (χ4n) is 2.51. The lowest BCUT2D eigenvalue weighted by Crippen LogP contribution is -2.37. The first-order chi connectivity index (χ1) is 7.09. The Hall–Kier alpha value is -0.830. The topological polar surface area (TPSA) is 29.9 Å². The standard InChI is InChI=1S/C12H21N3/c1-12(2)7-4-5-11(12)13-9-10-6-8-14-15(10)3/h6,8,11,13H,4-5,7,9H2,1-3H3. The van der Waals surface area contributed by atoms with E-state index in [1.54, 1.807) is 0 Å². The predicted octanol–water partition coefficient (Wildman–Crippen LogP) is 2.09. The molecule has 1 heterocycles. The van der Waals surface area contributed by atoms with Crippen LogP contribution in [-0.4, -0.2) is 15.8 Å². The molecule has 3 nitrogen and oxygen atoms in total. The van der Waals surface area contributed by atoms with Crippen molar-refractivity contribution in [1.82, 2.24) is 15.1 Å². The molecule has 0 aromatic carbocycles. The minimum atomic E-state index is 0.457. The highest BCUT2D eigenvalue weighted by molar-refractivity contribution is 5.01. The molecule has 3 heteroatoms. The highest BCUT2D eigenvalue weighted by Gasteiger charge is 2.33. The Labute approximate surface area is 91.9 Å². The van der Waals surface area contributed by atoms with Crippen LogP contribution in [-0.2, 0) is 13.6 Å². The molecule has 1 aliphatic rings. The monoisotopic (exact) mass is 207 g/mol. The Bertz CT molecular complexity index is 327. The zero-order valence-electron chi connectivity index (χ0n) is 9.95. The maximum Gasteiger partial charge on any atom is 0.0518 e. The highest BCUT2D eigenvalue weighted by atomic mass is 15.3. The molecule has 0 bridgehead atoms. The van der Waals surface area contributed by atoms with Crippen LogP contribution in [0.25, 0.3) is 0 Å². The van der Waals surface area contributed by atoms with Gasteiger partial charge in [0.1, 0.15) is 0 Å². The lowest BCUT2D eigenvalue weighted by atomic mass is 9.87. The van der Waals surface area contributed by atoms with E-state index >= 15 is 0 Å². The van der Waals surface area contributed by atoms with Crippen molar-refractivity contribution in [2.75, 3.05) is 0 Å². The van der Waals surface area contributed by atoms with E-state index in [-0.39, 0.29) is 0 Å². The van der Waals surface area contributed by atoms with Gasteiger partial charge in [0.2, 0.25) is 0 Å². The molecule has 0 amide bonds. The number of hydrogen-bond donors (Lipinski definition) is 1. The summed E-state index contributed by atoms with van der Waals surface area (Å²) in [6.45, 7) is 5.66. The van der Waals surface area contributed by atoms with E-state index < -0.39 is 0 Å². The average molecular weight is 207 g/mol. The van der Waals surface area contributed by atoms with Crippen molar-refractivity contribution < 1.29 is 0 Å². The fourth-order valence-corrected chi connectivity index (χ4v) is 2.51. The summed E-state index contributed by atoms with van der Waals surface area (Å²) in [6.07, 6.45) is 5.87. The summed E-state index contributed by atoms with van der Waals surface area (Å²) >= 11 is 0. The average Bonchev–Trinajstić information content (AvgIpc) is 2.69. The van der Waals surface area contributed by atoms with Gasteiger partial charge in [-0.15, -0.1) is 0 Å². The number of nitrogens with zero attached hydrogens (tertiary/aromatic N) is 2. The van der Waals surface area contributed by atoms with E-state index in [1.165, 1.54) is 25.0 Å². The Morgan fingerprint density at radius 2 is 2.40 bits per heavy atom. The molecule has 1 aromatic heterocycles. The van der Waals surface area contributed by atoms with Gasteiger partial charge < -0.3 is 5.32 Å². The Morgan fingerprint density at radius 3 is 2.93 bits per heavy atom. The van der Waals surface area contributed by atoms with Crippen molar-refractivity contribution in [2.45, 2.75) is 45.7 Å².